The molecule has 0 bridgehead atoms. The van der Waals surface area contributed by atoms with Crippen molar-refractivity contribution in [3.05, 3.63) is 64.3 Å². The number of fused-ring (bicyclic) bond motifs is 1. The van der Waals surface area contributed by atoms with Crippen LogP contribution in [0.3, 0.4) is 0 Å². The van der Waals surface area contributed by atoms with Crippen LogP contribution in [0.5, 0.6) is 0 Å². The van der Waals surface area contributed by atoms with Crippen molar-refractivity contribution in [1.29, 1.82) is 0 Å². The first kappa shape index (κ1) is 26.7. The Morgan fingerprint density at radius 3 is 2.42 bits per heavy atom. The summed E-state index contributed by atoms with van der Waals surface area (Å²) in [7, 11) is 2.53. The lowest BCUT2D eigenvalue weighted by atomic mass is 9.94. The molecule has 0 aliphatic heterocycles. The van der Waals surface area contributed by atoms with Gasteiger partial charge in [0.1, 0.15) is 11.6 Å². The first-order valence-electron chi connectivity index (χ1n) is 10.9. The number of aromatic nitrogens is 2. The van der Waals surface area contributed by atoms with Crippen LogP contribution in [0.1, 0.15) is 31.9 Å². The number of hydrogen-bond acceptors (Lipinski definition) is 6. The number of benzene rings is 1. The maximum Gasteiger partial charge on any atom is 0.417 e. The van der Waals surface area contributed by atoms with E-state index in [2.05, 4.69) is 10.3 Å². The summed E-state index contributed by atoms with van der Waals surface area (Å²) in [5.41, 5.74) is -2.75. The zero-order valence-electron chi connectivity index (χ0n) is 20.4. The van der Waals surface area contributed by atoms with Gasteiger partial charge in [-0.3, -0.25) is 9.78 Å². The predicted molar refractivity (Wildman–Crippen MR) is 126 cm³/mol. The SMILES string of the molecule is COC(=O)[C@H](Cc1cccc2c(-c3c(C(F)(F)F)ccn(C)c3=O)cncc12)NC(=O)OC(C)(C)C. The molecule has 1 atom stereocenters. The average Bonchev–Trinajstić information content (AvgIpc) is 2.77. The third-order valence-corrected chi connectivity index (χ3v) is 5.34. The van der Waals surface area contributed by atoms with Crippen molar-refractivity contribution in [2.24, 2.45) is 7.05 Å². The molecule has 8 nitrogen and oxygen atoms in total. The first-order valence-corrected chi connectivity index (χ1v) is 10.9. The molecule has 192 valence electrons. The van der Waals surface area contributed by atoms with Crippen LogP contribution in [-0.4, -0.2) is 40.4 Å². The van der Waals surface area contributed by atoms with Gasteiger partial charge in [0.25, 0.3) is 5.56 Å². The van der Waals surface area contributed by atoms with Crippen LogP contribution in [-0.2, 0) is 33.9 Å². The number of nitrogens with zero attached hydrogens (tertiary/aromatic N) is 2. The number of carbonyl (C=O) groups is 2. The fraction of sp³-hybridized carbons (Fsp3) is 0.360. The Morgan fingerprint density at radius 2 is 1.81 bits per heavy atom. The molecule has 0 spiro atoms. The van der Waals surface area contributed by atoms with E-state index in [0.717, 1.165) is 16.8 Å². The molecule has 36 heavy (non-hydrogen) atoms. The molecule has 1 aromatic carbocycles. The summed E-state index contributed by atoms with van der Waals surface area (Å²) in [5.74, 6) is -0.738. The van der Waals surface area contributed by atoms with Crippen LogP contribution < -0.4 is 10.9 Å². The van der Waals surface area contributed by atoms with Crippen LogP contribution in [0, 0.1) is 0 Å². The highest BCUT2D eigenvalue weighted by atomic mass is 19.4. The topological polar surface area (TPSA) is 99.5 Å². The third-order valence-electron chi connectivity index (χ3n) is 5.34. The van der Waals surface area contributed by atoms with E-state index in [1.165, 1.54) is 26.6 Å². The van der Waals surface area contributed by atoms with Gasteiger partial charge in [-0.15, -0.1) is 0 Å². The second kappa shape index (κ2) is 10.00. The van der Waals surface area contributed by atoms with E-state index >= 15 is 0 Å². The quantitative estimate of drug-likeness (QED) is 0.521. The number of halogens is 3. The number of carbonyl (C=O) groups excluding carboxylic acids is 2. The van der Waals surface area contributed by atoms with Gasteiger partial charge in [-0.05, 0) is 37.8 Å². The monoisotopic (exact) mass is 505 g/mol. The van der Waals surface area contributed by atoms with E-state index in [0.29, 0.717) is 16.3 Å². The zero-order valence-corrected chi connectivity index (χ0v) is 20.4. The maximum absolute atomic E-state index is 13.8. The second-order valence-electron chi connectivity index (χ2n) is 9.14. The number of ether oxygens (including phenoxy) is 2. The van der Waals surface area contributed by atoms with Crippen molar-refractivity contribution >= 4 is 22.8 Å². The molecular weight excluding hydrogens is 479 g/mol. The number of hydrogen-bond donors (Lipinski definition) is 1. The first-order chi connectivity index (χ1) is 16.7. The molecule has 0 radical (unpaired) electrons. The molecule has 2 aromatic heterocycles. The van der Waals surface area contributed by atoms with Crippen LogP contribution in [0.4, 0.5) is 18.0 Å². The Bertz CT molecular complexity index is 1360. The Hall–Kier alpha value is -3.89. The van der Waals surface area contributed by atoms with Gasteiger partial charge in [0.05, 0.1) is 18.2 Å². The molecule has 0 saturated heterocycles. The Labute approximate surface area is 205 Å². The largest absolute Gasteiger partial charge is 0.467 e. The Kier molecular flexibility index (Phi) is 7.42. The molecule has 0 fully saturated rings. The number of alkyl carbamates (subject to hydrolysis) is 1. The van der Waals surface area contributed by atoms with Crippen molar-refractivity contribution in [2.75, 3.05) is 7.11 Å². The molecule has 1 N–H and O–H groups in total. The summed E-state index contributed by atoms with van der Waals surface area (Å²) in [6.07, 6.45) is -1.98. The number of rotatable bonds is 5. The highest BCUT2D eigenvalue weighted by Crippen LogP contribution is 2.37. The minimum atomic E-state index is -4.77. The lowest BCUT2D eigenvalue weighted by Gasteiger charge is -2.23. The molecule has 0 aliphatic rings. The van der Waals surface area contributed by atoms with E-state index in [1.807, 2.05) is 0 Å². The van der Waals surface area contributed by atoms with Crippen LogP contribution in [0.15, 0.2) is 47.7 Å². The lowest BCUT2D eigenvalue weighted by Crippen LogP contribution is -2.45. The van der Waals surface area contributed by atoms with Crippen molar-refractivity contribution < 1.29 is 32.2 Å². The fourth-order valence-electron chi connectivity index (χ4n) is 3.76. The number of amides is 1. The minimum absolute atomic E-state index is 0.00223. The van der Waals surface area contributed by atoms with Gasteiger partial charge in [0.15, 0.2) is 0 Å². The normalized spacial score (nSPS) is 12.8. The van der Waals surface area contributed by atoms with Crippen molar-refractivity contribution in [1.82, 2.24) is 14.9 Å². The second-order valence-corrected chi connectivity index (χ2v) is 9.14. The Morgan fingerprint density at radius 1 is 1.11 bits per heavy atom. The highest BCUT2D eigenvalue weighted by molar-refractivity contribution is 5.98. The summed E-state index contributed by atoms with van der Waals surface area (Å²) < 4.78 is 52.5. The molecule has 0 saturated carbocycles. The summed E-state index contributed by atoms with van der Waals surface area (Å²) in [4.78, 5) is 41.6. The molecule has 11 heteroatoms. The number of methoxy groups -OCH3 is 1. The number of nitrogens with one attached hydrogen (secondary N) is 1. The fourth-order valence-corrected chi connectivity index (χ4v) is 3.76. The molecule has 0 unspecified atom stereocenters. The van der Waals surface area contributed by atoms with E-state index in [1.54, 1.807) is 39.0 Å². The van der Waals surface area contributed by atoms with E-state index < -0.39 is 46.6 Å². The van der Waals surface area contributed by atoms with Crippen molar-refractivity contribution in [2.45, 2.75) is 45.0 Å². The highest BCUT2D eigenvalue weighted by Gasteiger charge is 2.36. The van der Waals surface area contributed by atoms with Crippen LogP contribution in [0.2, 0.25) is 0 Å². The summed E-state index contributed by atoms with van der Waals surface area (Å²) in [6.45, 7) is 5.00. The molecule has 3 rings (SSSR count). The van der Waals surface area contributed by atoms with Gasteiger partial charge in [0, 0.05) is 43.0 Å². The lowest BCUT2D eigenvalue weighted by molar-refractivity contribution is -0.143. The maximum atomic E-state index is 13.8. The summed E-state index contributed by atoms with van der Waals surface area (Å²) in [6, 6.07) is 4.50. The average molecular weight is 505 g/mol. The van der Waals surface area contributed by atoms with Gasteiger partial charge in [0.2, 0.25) is 0 Å². The van der Waals surface area contributed by atoms with Gasteiger partial charge >= 0.3 is 18.2 Å². The van der Waals surface area contributed by atoms with Gasteiger partial charge in [-0.1, -0.05) is 18.2 Å². The van der Waals surface area contributed by atoms with Gasteiger partial charge in [-0.25, -0.2) is 9.59 Å². The number of pyridine rings is 2. The molecular formula is C25H26F3N3O5. The minimum Gasteiger partial charge on any atom is -0.467 e. The summed E-state index contributed by atoms with van der Waals surface area (Å²) in [5, 5.41) is 3.21. The smallest absolute Gasteiger partial charge is 0.417 e. The van der Waals surface area contributed by atoms with E-state index in [-0.39, 0.29) is 12.0 Å². The number of aryl methyl sites for hydroxylation is 1. The number of alkyl halides is 3. The van der Waals surface area contributed by atoms with E-state index in [4.69, 9.17) is 9.47 Å². The standard InChI is InChI=1S/C25H26F3N3O5/c1-24(2,3)36-23(34)30-19(22(33)35-5)11-14-7-6-8-15-16(14)12-29-13-17(15)20-18(25(26,27)28)9-10-31(4)21(20)32/h6-10,12-13,19H,11H2,1-5H3,(H,30,34)/t19-/m0/s1. The molecule has 1 amide bonds. The number of esters is 1. The van der Waals surface area contributed by atoms with Crippen molar-refractivity contribution in [3.63, 3.8) is 0 Å². The van der Waals surface area contributed by atoms with Gasteiger partial charge in [-0.2, -0.15) is 13.2 Å². The van der Waals surface area contributed by atoms with E-state index in [9.17, 15) is 27.6 Å². The zero-order chi connectivity index (χ0) is 26.8. The molecule has 0 aliphatic carbocycles. The Balaban J connectivity index is 2.12. The van der Waals surface area contributed by atoms with Gasteiger partial charge < -0.3 is 19.4 Å². The van der Waals surface area contributed by atoms with Crippen LogP contribution in [0.25, 0.3) is 21.9 Å². The van der Waals surface area contributed by atoms with Crippen molar-refractivity contribution in [3.8, 4) is 11.1 Å². The third kappa shape index (κ3) is 5.84. The van der Waals surface area contributed by atoms with Crippen LogP contribution >= 0.6 is 0 Å². The summed E-state index contributed by atoms with van der Waals surface area (Å²) >= 11 is 0. The molecule has 2 heterocycles. The predicted octanol–water partition coefficient (Wildman–Crippen LogP) is 4.23. The molecule has 3 aromatic rings.